The normalized spacial score (nSPS) is 48.0. The van der Waals surface area contributed by atoms with Gasteiger partial charge in [-0.3, -0.25) is 14.5 Å². The van der Waals surface area contributed by atoms with Gasteiger partial charge in [-0.2, -0.15) is 0 Å². The fourth-order valence-electron chi connectivity index (χ4n) is 11.1. The van der Waals surface area contributed by atoms with Crippen LogP contribution in [-0.2, 0) is 14.3 Å². The summed E-state index contributed by atoms with van der Waals surface area (Å²) in [7, 11) is 2.40. The number of likely N-dealkylation sites (tertiary alicyclic amines) is 2. The molecule has 4 aliphatic carbocycles. The third-order valence-electron chi connectivity index (χ3n) is 13.2. The fourth-order valence-corrected chi connectivity index (χ4v) is 11.1. The Hall–Kier alpha value is -0.940. The number of carbonyl (C=O) groups excluding carboxylic acids is 2. The molecule has 9 atom stereocenters. The zero-order valence-electron chi connectivity index (χ0n) is 24.2. The number of hydrogen-bond donors (Lipinski definition) is 0. The van der Waals surface area contributed by atoms with E-state index in [1.165, 1.54) is 77.3 Å². The van der Waals surface area contributed by atoms with E-state index in [0.29, 0.717) is 40.9 Å². The number of hydrogen-bond acceptors (Lipinski definition) is 4. The number of carbonyl (C=O) groups is 2. The molecule has 0 aromatic heterocycles. The van der Waals surface area contributed by atoms with Crippen LogP contribution in [0.25, 0.3) is 0 Å². The van der Waals surface area contributed by atoms with Gasteiger partial charge in [-0.15, -0.1) is 0 Å². The number of ether oxygens (including phenoxy) is 1. The first-order valence-corrected chi connectivity index (χ1v) is 16.0. The molecule has 6 aliphatic rings. The molecule has 0 radical (unpaired) electrons. The van der Waals surface area contributed by atoms with Gasteiger partial charge in [0.05, 0.1) is 20.1 Å². The second kappa shape index (κ2) is 9.61. The maximum Gasteiger partial charge on any atom is 0.302 e. The van der Waals surface area contributed by atoms with Gasteiger partial charge in [-0.1, -0.05) is 20.3 Å². The average Bonchev–Trinajstić information content (AvgIpc) is 3.16. The molecular formula is C32H53N2O3+. The second-order valence-corrected chi connectivity index (χ2v) is 15.0. The van der Waals surface area contributed by atoms with Gasteiger partial charge in [0.25, 0.3) is 0 Å². The highest BCUT2D eigenvalue weighted by Gasteiger charge is 2.66. The van der Waals surface area contributed by atoms with Gasteiger partial charge in [0.2, 0.25) is 0 Å². The molecule has 2 aliphatic heterocycles. The van der Waals surface area contributed by atoms with E-state index in [1.807, 2.05) is 0 Å². The van der Waals surface area contributed by atoms with Crippen molar-refractivity contribution in [2.24, 2.45) is 34.5 Å². The minimum Gasteiger partial charge on any atom is -0.461 e. The predicted octanol–water partition coefficient (Wildman–Crippen LogP) is 5.60. The Labute approximate surface area is 225 Å². The van der Waals surface area contributed by atoms with Crippen LogP contribution in [-0.4, -0.2) is 72.5 Å². The van der Waals surface area contributed by atoms with Crippen molar-refractivity contribution in [3.05, 3.63) is 0 Å². The maximum atomic E-state index is 14.1. The van der Waals surface area contributed by atoms with Crippen LogP contribution < -0.4 is 0 Å². The summed E-state index contributed by atoms with van der Waals surface area (Å²) in [5, 5.41) is 0. The molecule has 5 heteroatoms. The van der Waals surface area contributed by atoms with Crippen LogP contribution in [0.3, 0.4) is 0 Å². The van der Waals surface area contributed by atoms with Gasteiger partial charge in [0.15, 0.2) is 5.78 Å². The van der Waals surface area contributed by atoms with E-state index in [1.54, 1.807) is 6.92 Å². The summed E-state index contributed by atoms with van der Waals surface area (Å²) >= 11 is 0. The molecule has 0 aromatic carbocycles. The van der Waals surface area contributed by atoms with Crippen molar-refractivity contribution >= 4 is 11.8 Å². The number of ketones is 1. The Morgan fingerprint density at radius 3 is 2.35 bits per heavy atom. The Bertz CT molecular complexity index is 892. The van der Waals surface area contributed by atoms with Gasteiger partial charge in [-0.25, -0.2) is 0 Å². The van der Waals surface area contributed by atoms with Crippen molar-refractivity contribution in [1.29, 1.82) is 0 Å². The van der Waals surface area contributed by atoms with Crippen molar-refractivity contribution in [2.75, 3.05) is 33.2 Å². The first-order valence-electron chi connectivity index (χ1n) is 16.0. The molecular weight excluding hydrogens is 460 g/mol. The van der Waals surface area contributed by atoms with E-state index in [4.69, 9.17) is 4.74 Å². The Balaban J connectivity index is 1.26. The highest BCUT2D eigenvalue weighted by atomic mass is 16.5. The Morgan fingerprint density at radius 1 is 0.946 bits per heavy atom. The van der Waals surface area contributed by atoms with E-state index in [-0.39, 0.29) is 23.5 Å². The lowest BCUT2D eigenvalue weighted by Gasteiger charge is -2.62. The minimum atomic E-state index is -0.109. The summed E-state index contributed by atoms with van der Waals surface area (Å²) < 4.78 is 7.07. The van der Waals surface area contributed by atoms with Gasteiger partial charge >= 0.3 is 5.97 Å². The summed E-state index contributed by atoms with van der Waals surface area (Å²) in [6.07, 6.45) is 16.0. The predicted molar refractivity (Wildman–Crippen MR) is 146 cm³/mol. The molecule has 0 spiro atoms. The highest BCUT2D eigenvalue weighted by molar-refractivity contribution is 5.91. The van der Waals surface area contributed by atoms with E-state index in [9.17, 15) is 9.59 Å². The van der Waals surface area contributed by atoms with Gasteiger partial charge < -0.3 is 9.22 Å². The van der Waals surface area contributed by atoms with Crippen LogP contribution in [0.4, 0.5) is 0 Å². The number of piperidine rings is 2. The standard InChI is InChI=1S/C32H53N2O3/c1-22(35)37-29-19-23-11-12-24-25(32(23,3)21-27(29)33-15-7-5-8-16-33)13-14-31(2)26(24)20-28(30(31)36)34(4)17-9-6-10-18-34/h23-29H,5-21H2,1-4H3/q+1/t23-,24-,25-,26-,27-,28-,29-,31-,32-/m0/s1. The largest absolute Gasteiger partial charge is 0.461 e. The van der Waals surface area contributed by atoms with Gasteiger partial charge in [0.1, 0.15) is 12.1 Å². The minimum absolute atomic E-state index is 0.0556. The molecule has 4 saturated carbocycles. The van der Waals surface area contributed by atoms with Crippen molar-refractivity contribution in [3.63, 3.8) is 0 Å². The summed E-state index contributed by atoms with van der Waals surface area (Å²) in [6, 6.07) is 0.605. The Morgan fingerprint density at radius 2 is 1.65 bits per heavy atom. The number of esters is 1. The van der Waals surface area contributed by atoms with Crippen LogP contribution in [0.5, 0.6) is 0 Å². The van der Waals surface area contributed by atoms with Crippen molar-refractivity contribution in [2.45, 2.75) is 122 Å². The monoisotopic (exact) mass is 513 g/mol. The van der Waals surface area contributed by atoms with E-state index < -0.39 is 0 Å². The number of fused-ring (bicyclic) bond motifs is 5. The van der Waals surface area contributed by atoms with Crippen LogP contribution in [0.15, 0.2) is 0 Å². The third-order valence-corrected chi connectivity index (χ3v) is 13.2. The first kappa shape index (κ1) is 26.3. The SMILES string of the molecule is CC(=O)O[C@H]1C[C@@H]2CC[C@H]3[C@H](CC[C@]4(C)C(=O)[C@@H]([N+]5(C)CCCCC5)C[C@@H]34)[C@@]2(C)C[C@@H]1N1CCCCC1. The molecule has 0 aromatic rings. The molecule has 208 valence electrons. The van der Waals surface area contributed by atoms with Crippen molar-refractivity contribution < 1.29 is 18.8 Å². The van der Waals surface area contributed by atoms with Gasteiger partial charge in [0, 0.05) is 24.8 Å². The number of Topliss-reactive ketones (excluding diaryl/α,β-unsaturated/α-hetero) is 1. The molecule has 5 nitrogen and oxygen atoms in total. The Kier molecular flexibility index (Phi) is 6.83. The second-order valence-electron chi connectivity index (χ2n) is 15.0. The molecule has 37 heavy (non-hydrogen) atoms. The quantitative estimate of drug-likeness (QED) is 0.364. The summed E-state index contributed by atoms with van der Waals surface area (Å²) in [6.45, 7) is 11.3. The molecule has 0 bridgehead atoms. The number of nitrogens with zero attached hydrogens (tertiary/aromatic N) is 2. The third kappa shape index (κ3) is 4.24. The molecule has 0 N–H and O–H groups in total. The van der Waals surface area contributed by atoms with Crippen LogP contribution >= 0.6 is 0 Å². The molecule has 6 rings (SSSR count). The summed E-state index contributed by atoms with van der Waals surface area (Å²) in [5.74, 6) is 3.13. The summed E-state index contributed by atoms with van der Waals surface area (Å²) in [5.41, 5.74) is 0.197. The van der Waals surface area contributed by atoms with E-state index in [2.05, 4.69) is 25.8 Å². The highest BCUT2D eigenvalue weighted by Crippen LogP contribution is 2.66. The number of likely N-dealkylation sites (N-methyl/N-ethyl adjacent to an activating group) is 1. The lowest BCUT2D eigenvalue weighted by molar-refractivity contribution is -0.928. The van der Waals surface area contributed by atoms with Crippen LogP contribution in [0, 0.1) is 34.5 Å². The lowest BCUT2D eigenvalue weighted by Crippen LogP contribution is -2.60. The van der Waals surface area contributed by atoms with E-state index >= 15 is 0 Å². The molecule has 2 heterocycles. The van der Waals surface area contributed by atoms with Crippen molar-refractivity contribution in [3.8, 4) is 0 Å². The number of rotatable bonds is 3. The fraction of sp³-hybridized carbons (Fsp3) is 0.938. The molecule has 2 saturated heterocycles. The molecule has 0 amide bonds. The van der Waals surface area contributed by atoms with Crippen molar-refractivity contribution in [1.82, 2.24) is 4.90 Å². The van der Waals surface area contributed by atoms with E-state index in [0.717, 1.165) is 36.8 Å². The average molecular weight is 514 g/mol. The summed E-state index contributed by atoms with van der Waals surface area (Å²) in [4.78, 5) is 28.9. The zero-order valence-corrected chi connectivity index (χ0v) is 24.2. The topological polar surface area (TPSA) is 46.6 Å². The van der Waals surface area contributed by atoms with Crippen LogP contribution in [0.2, 0.25) is 0 Å². The number of quaternary nitrogens is 1. The van der Waals surface area contributed by atoms with Gasteiger partial charge in [-0.05, 0) is 113 Å². The first-order chi connectivity index (χ1) is 17.7. The zero-order chi connectivity index (χ0) is 26.0. The molecule has 0 unspecified atom stereocenters. The lowest BCUT2D eigenvalue weighted by atomic mass is 9.44. The van der Waals surface area contributed by atoms with Crippen LogP contribution in [0.1, 0.15) is 104 Å². The maximum absolute atomic E-state index is 14.1. The molecule has 6 fully saturated rings. The smallest absolute Gasteiger partial charge is 0.302 e.